The van der Waals surface area contributed by atoms with E-state index in [0.29, 0.717) is 6.07 Å². The molecular formula is C13H5F5O2. The van der Waals surface area contributed by atoms with E-state index in [-0.39, 0.29) is 6.07 Å². The molecule has 0 aromatic heterocycles. The number of ketones is 1. The number of carbonyl (C=O) groups is 1. The molecule has 0 saturated carbocycles. The van der Waals surface area contributed by atoms with Crippen LogP contribution in [0.2, 0.25) is 0 Å². The zero-order valence-corrected chi connectivity index (χ0v) is 9.55. The Labute approximate surface area is 109 Å². The van der Waals surface area contributed by atoms with Crippen molar-refractivity contribution in [3.05, 3.63) is 64.5 Å². The first-order valence-electron chi connectivity index (χ1n) is 5.19. The molecule has 0 saturated heterocycles. The lowest BCUT2D eigenvalue weighted by molar-refractivity contribution is 0.103. The van der Waals surface area contributed by atoms with E-state index in [1.165, 1.54) is 0 Å². The van der Waals surface area contributed by atoms with Crippen LogP contribution in [0.15, 0.2) is 24.3 Å². The molecule has 2 nitrogen and oxygen atoms in total. The maximum absolute atomic E-state index is 13.4. The highest BCUT2D eigenvalue weighted by atomic mass is 19.2. The number of phenols is 1. The zero-order valence-electron chi connectivity index (χ0n) is 9.55. The van der Waals surface area contributed by atoms with Crippen LogP contribution in [-0.2, 0) is 0 Å². The first kappa shape index (κ1) is 14.0. The van der Waals surface area contributed by atoms with Crippen molar-refractivity contribution in [2.45, 2.75) is 0 Å². The van der Waals surface area contributed by atoms with Gasteiger partial charge >= 0.3 is 0 Å². The summed E-state index contributed by atoms with van der Waals surface area (Å²) in [6.07, 6.45) is 0. The fourth-order valence-electron chi connectivity index (χ4n) is 1.58. The fraction of sp³-hybridized carbons (Fsp3) is 0. The topological polar surface area (TPSA) is 37.3 Å². The van der Waals surface area contributed by atoms with Gasteiger partial charge in [0, 0.05) is 6.07 Å². The Hall–Kier alpha value is -2.44. The molecule has 0 fully saturated rings. The molecule has 0 spiro atoms. The Morgan fingerprint density at radius 1 is 0.850 bits per heavy atom. The van der Waals surface area contributed by atoms with Crippen LogP contribution < -0.4 is 0 Å². The summed E-state index contributed by atoms with van der Waals surface area (Å²) in [6, 6.07) is 2.12. The SMILES string of the molecule is O=C(c1ccc(F)cc1F)c1cc(F)c(F)c(F)c1O. The van der Waals surface area contributed by atoms with Gasteiger partial charge in [-0.2, -0.15) is 4.39 Å². The Kier molecular flexibility index (Phi) is 3.44. The zero-order chi connectivity index (χ0) is 15.0. The standard InChI is InChI=1S/C13H5F5O2/c14-5-1-2-6(8(15)3-5)12(19)7-4-9(16)10(17)11(18)13(7)20/h1-4,20H. The van der Waals surface area contributed by atoms with Crippen molar-refractivity contribution in [1.29, 1.82) is 0 Å². The van der Waals surface area contributed by atoms with Crippen molar-refractivity contribution in [3.63, 3.8) is 0 Å². The van der Waals surface area contributed by atoms with Gasteiger partial charge in [0.15, 0.2) is 23.2 Å². The van der Waals surface area contributed by atoms with E-state index in [2.05, 4.69) is 0 Å². The second kappa shape index (κ2) is 4.92. The second-order valence-electron chi connectivity index (χ2n) is 3.84. The third-order valence-electron chi connectivity index (χ3n) is 2.56. The molecule has 0 atom stereocenters. The third-order valence-corrected chi connectivity index (χ3v) is 2.56. The molecule has 0 bridgehead atoms. The molecule has 0 aliphatic carbocycles. The maximum Gasteiger partial charge on any atom is 0.204 e. The van der Waals surface area contributed by atoms with Crippen molar-refractivity contribution in [2.75, 3.05) is 0 Å². The van der Waals surface area contributed by atoms with Crippen LogP contribution in [0.4, 0.5) is 22.0 Å². The molecule has 0 radical (unpaired) electrons. The van der Waals surface area contributed by atoms with Gasteiger partial charge in [-0.15, -0.1) is 0 Å². The summed E-state index contributed by atoms with van der Waals surface area (Å²) in [7, 11) is 0. The van der Waals surface area contributed by atoms with Gasteiger partial charge in [-0.1, -0.05) is 0 Å². The highest BCUT2D eigenvalue weighted by molar-refractivity contribution is 6.10. The monoisotopic (exact) mass is 288 g/mol. The van der Waals surface area contributed by atoms with E-state index in [9.17, 15) is 31.9 Å². The normalized spacial score (nSPS) is 10.7. The number of benzene rings is 2. The van der Waals surface area contributed by atoms with Crippen molar-refractivity contribution >= 4 is 5.78 Å². The molecule has 104 valence electrons. The van der Waals surface area contributed by atoms with Gasteiger partial charge in [0.05, 0.1) is 11.1 Å². The summed E-state index contributed by atoms with van der Waals surface area (Å²) in [5.74, 6) is -10.6. The van der Waals surface area contributed by atoms with E-state index in [1.54, 1.807) is 0 Å². The minimum Gasteiger partial charge on any atom is -0.504 e. The molecule has 0 heterocycles. The molecule has 2 rings (SSSR count). The highest BCUT2D eigenvalue weighted by Crippen LogP contribution is 2.28. The summed E-state index contributed by atoms with van der Waals surface area (Å²) in [5, 5.41) is 9.28. The number of aromatic hydroxyl groups is 1. The largest absolute Gasteiger partial charge is 0.504 e. The lowest BCUT2D eigenvalue weighted by Crippen LogP contribution is -2.08. The highest BCUT2D eigenvalue weighted by Gasteiger charge is 2.24. The van der Waals surface area contributed by atoms with Crippen LogP contribution in [0.1, 0.15) is 15.9 Å². The summed E-state index contributed by atoms with van der Waals surface area (Å²) in [4.78, 5) is 11.8. The van der Waals surface area contributed by atoms with Gasteiger partial charge in [0.2, 0.25) is 5.82 Å². The van der Waals surface area contributed by atoms with Gasteiger partial charge in [-0.05, 0) is 18.2 Å². The van der Waals surface area contributed by atoms with Gasteiger partial charge in [-0.25, -0.2) is 17.6 Å². The number of carbonyl (C=O) groups excluding carboxylic acids is 1. The van der Waals surface area contributed by atoms with Crippen molar-refractivity contribution in [3.8, 4) is 5.75 Å². The second-order valence-corrected chi connectivity index (χ2v) is 3.84. The van der Waals surface area contributed by atoms with Crippen molar-refractivity contribution < 1.29 is 31.9 Å². The number of rotatable bonds is 2. The van der Waals surface area contributed by atoms with Crippen LogP contribution in [0.5, 0.6) is 5.75 Å². The molecule has 0 aliphatic heterocycles. The van der Waals surface area contributed by atoms with Gasteiger partial charge in [0.1, 0.15) is 11.6 Å². The van der Waals surface area contributed by atoms with Crippen molar-refractivity contribution in [2.24, 2.45) is 0 Å². The number of hydrogen-bond donors (Lipinski definition) is 1. The van der Waals surface area contributed by atoms with Crippen LogP contribution in [-0.4, -0.2) is 10.9 Å². The van der Waals surface area contributed by atoms with E-state index >= 15 is 0 Å². The average Bonchev–Trinajstić information content (AvgIpc) is 2.40. The van der Waals surface area contributed by atoms with E-state index < -0.39 is 51.7 Å². The minimum absolute atomic E-state index is 0.235. The molecule has 0 amide bonds. The summed E-state index contributed by atoms with van der Waals surface area (Å²) < 4.78 is 65.1. The van der Waals surface area contributed by atoms with E-state index in [1.807, 2.05) is 0 Å². The first-order chi connectivity index (χ1) is 9.32. The van der Waals surface area contributed by atoms with Crippen LogP contribution >= 0.6 is 0 Å². The number of hydrogen-bond acceptors (Lipinski definition) is 2. The lowest BCUT2D eigenvalue weighted by Gasteiger charge is -2.07. The average molecular weight is 288 g/mol. The molecular weight excluding hydrogens is 283 g/mol. The van der Waals surface area contributed by atoms with Gasteiger partial charge < -0.3 is 5.11 Å². The van der Waals surface area contributed by atoms with Crippen LogP contribution in [0.25, 0.3) is 0 Å². The van der Waals surface area contributed by atoms with E-state index in [4.69, 9.17) is 0 Å². The van der Waals surface area contributed by atoms with Crippen LogP contribution in [0.3, 0.4) is 0 Å². The third kappa shape index (κ3) is 2.22. The molecule has 2 aromatic rings. The first-order valence-corrected chi connectivity index (χ1v) is 5.19. The van der Waals surface area contributed by atoms with Crippen LogP contribution in [0, 0.1) is 29.1 Å². The summed E-state index contributed by atoms with van der Waals surface area (Å²) in [6.45, 7) is 0. The summed E-state index contributed by atoms with van der Waals surface area (Å²) in [5.41, 5.74) is -1.68. The van der Waals surface area contributed by atoms with Crippen molar-refractivity contribution in [1.82, 2.24) is 0 Å². The molecule has 2 aromatic carbocycles. The van der Waals surface area contributed by atoms with E-state index in [0.717, 1.165) is 12.1 Å². The predicted octanol–water partition coefficient (Wildman–Crippen LogP) is 3.32. The molecule has 20 heavy (non-hydrogen) atoms. The lowest BCUT2D eigenvalue weighted by atomic mass is 10.0. The Morgan fingerprint density at radius 2 is 1.50 bits per heavy atom. The smallest absolute Gasteiger partial charge is 0.204 e. The van der Waals surface area contributed by atoms with Gasteiger partial charge in [0.25, 0.3) is 0 Å². The molecule has 0 unspecified atom stereocenters. The molecule has 7 heteroatoms. The maximum atomic E-state index is 13.4. The Balaban J connectivity index is 2.60. The number of phenolic OH excluding ortho intramolecular Hbond substituents is 1. The number of halogens is 5. The summed E-state index contributed by atoms with van der Waals surface area (Å²) >= 11 is 0. The molecule has 0 aliphatic rings. The Bertz CT molecular complexity index is 712. The van der Waals surface area contributed by atoms with Gasteiger partial charge in [-0.3, -0.25) is 4.79 Å². The predicted molar refractivity (Wildman–Crippen MR) is 57.8 cm³/mol. The Morgan fingerprint density at radius 3 is 2.10 bits per heavy atom. The quantitative estimate of drug-likeness (QED) is 0.523. The fourth-order valence-corrected chi connectivity index (χ4v) is 1.58. The molecule has 1 N–H and O–H groups in total. The minimum atomic E-state index is -1.96.